The van der Waals surface area contributed by atoms with Crippen molar-refractivity contribution in [2.45, 2.75) is 17.6 Å². The third kappa shape index (κ3) is 3.71. The van der Waals surface area contributed by atoms with Crippen LogP contribution in [0.1, 0.15) is 16.7 Å². The molecule has 0 saturated heterocycles. The molecular formula is C27H25N3O4. The number of oxime groups is 1. The third-order valence-electron chi connectivity index (χ3n) is 6.06. The number of hydrogen-bond donors (Lipinski definition) is 2. The molecule has 0 aromatic heterocycles. The number of carbonyl (C=O) groups excluding carboxylic acids is 1. The van der Waals surface area contributed by atoms with Gasteiger partial charge < -0.3 is 25.2 Å². The van der Waals surface area contributed by atoms with E-state index >= 15 is 0 Å². The van der Waals surface area contributed by atoms with Crippen LogP contribution < -0.4 is 15.2 Å². The van der Waals surface area contributed by atoms with E-state index in [-0.39, 0.29) is 5.84 Å². The van der Waals surface area contributed by atoms with Gasteiger partial charge >= 0.3 is 0 Å². The van der Waals surface area contributed by atoms with Crippen LogP contribution in [-0.2, 0) is 22.4 Å². The maximum Gasteiger partial charge on any atom is 0.161 e. The van der Waals surface area contributed by atoms with Crippen LogP contribution in [0.5, 0.6) is 11.5 Å². The van der Waals surface area contributed by atoms with Crippen molar-refractivity contribution < 1.29 is 19.5 Å². The molecular weight excluding hydrogens is 430 g/mol. The predicted octanol–water partition coefficient (Wildman–Crippen LogP) is 3.99. The summed E-state index contributed by atoms with van der Waals surface area (Å²) in [5, 5.41) is 13.0. The lowest BCUT2D eigenvalue weighted by Crippen LogP contribution is -2.56. The standard InChI is InChI=1S/C27H25N3O4/c1-33-24-17-22(13-14-23(24)34-18-20-9-4-2-5-10-20)26(19-31,25(28)30-32)27(15-8-16-29-27)21-11-6-3-7-12-21/h2-17,19,32H,18H2,1H3,(H2,28,30). The molecule has 3 aromatic rings. The van der Waals surface area contributed by atoms with E-state index in [1.807, 2.05) is 60.7 Å². The zero-order valence-corrected chi connectivity index (χ0v) is 18.7. The van der Waals surface area contributed by atoms with Crippen molar-refractivity contribution in [3.05, 3.63) is 108 Å². The Morgan fingerprint density at radius 1 is 1.09 bits per heavy atom. The second kappa shape index (κ2) is 9.62. The smallest absolute Gasteiger partial charge is 0.161 e. The topological polar surface area (TPSA) is 107 Å². The van der Waals surface area contributed by atoms with Gasteiger partial charge in [0.05, 0.1) is 7.11 Å². The van der Waals surface area contributed by atoms with Crippen molar-refractivity contribution in [3.63, 3.8) is 0 Å². The molecule has 7 heteroatoms. The Kier molecular flexibility index (Phi) is 6.45. The number of nitrogens with two attached hydrogens (primary N) is 1. The van der Waals surface area contributed by atoms with Gasteiger partial charge in [-0.15, -0.1) is 0 Å². The molecule has 2 unspecified atom stereocenters. The summed E-state index contributed by atoms with van der Waals surface area (Å²) in [7, 11) is 1.52. The second-order valence-electron chi connectivity index (χ2n) is 7.82. The first-order valence-electron chi connectivity index (χ1n) is 10.7. The summed E-state index contributed by atoms with van der Waals surface area (Å²) < 4.78 is 11.6. The van der Waals surface area contributed by atoms with E-state index in [0.717, 1.165) is 5.56 Å². The van der Waals surface area contributed by atoms with Crippen LogP contribution in [0, 0.1) is 0 Å². The minimum absolute atomic E-state index is 0.296. The molecule has 0 fully saturated rings. The van der Waals surface area contributed by atoms with Crippen LogP contribution in [0.2, 0.25) is 0 Å². The van der Waals surface area contributed by atoms with Crippen LogP contribution in [0.25, 0.3) is 0 Å². The summed E-state index contributed by atoms with van der Waals surface area (Å²) in [6.07, 6.45) is 5.79. The second-order valence-corrected chi connectivity index (χ2v) is 7.82. The highest BCUT2D eigenvalue weighted by Crippen LogP contribution is 2.49. The van der Waals surface area contributed by atoms with Gasteiger partial charge in [-0.3, -0.25) is 4.99 Å². The normalized spacial score (nSPS) is 18.9. The average molecular weight is 456 g/mol. The number of ether oxygens (including phenoxy) is 2. The largest absolute Gasteiger partial charge is 0.493 e. The number of hydrogen-bond acceptors (Lipinski definition) is 6. The van der Waals surface area contributed by atoms with Crippen molar-refractivity contribution >= 4 is 18.3 Å². The minimum Gasteiger partial charge on any atom is -0.493 e. The molecule has 0 saturated carbocycles. The molecule has 0 amide bonds. The zero-order valence-electron chi connectivity index (χ0n) is 18.7. The van der Waals surface area contributed by atoms with Gasteiger partial charge in [-0.25, -0.2) is 0 Å². The number of benzene rings is 3. The Morgan fingerprint density at radius 3 is 2.38 bits per heavy atom. The molecule has 3 N–H and O–H groups in total. The molecule has 4 rings (SSSR count). The van der Waals surface area contributed by atoms with Gasteiger partial charge in [0, 0.05) is 6.21 Å². The first-order chi connectivity index (χ1) is 16.6. The summed E-state index contributed by atoms with van der Waals surface area (Å²) in [5.74, 6) is 0.600. The minimum atomic E-state index is -1.65. The first kappa shape index (κ1) is 22.8. The fourth-order valence-electron chi connectivity index (χ4n) is 4.34. The SMILES string of the molecule is COc1cc(C(C=O)(C(N)=NO)C2(c3ccccc3)C=CC=N2)ccc1OCc1ccccc1. The molecule has 1 aliphatic rings. The van der Waals surface area contributed by atoms with Crippen molar-refractivity contribution in [2.75, 3.05) is 7.11 Å². The van der Waals surface area contributed by atoms with Crippen molar-refractivity contribution in [3.8, 4) is 11.5 Å². The Hall–Kier alpha value is -4.39. The van der Waals surface area contributed by atoms with Gasteiger partial charge in [0.2, 0.25) is 0 Å². The maximum absolute atomic E-state index is 12.9. The molecule has 0 bridgehead atoms. The number of methoxy groups -OCH3 is 1. The lowest BCUT2D eigenvalue weighted by Gasteiger charge is -2.41. The molecule has 0 radical (unpaired) electrons. The van der Waals surface area contributed by atoms with Gasteiger partial charge in [0.1, 0.15) is 23.8 Å². The highest BCUT2D eigenvalue weighted by molar-refractivity contribution is 6.08. The van der Waals surface area contributed by atoms with E-state index in [1.165, 1.54) is 7.11 Å². The van der Waals surface area contributed by atoms with Crippen molar-refractivity contribution in [1.29, 1.82) is 0 Å². The lowest BCUT2D eigenvalue weighted by molar-refractivity contribution is -0.112. The van der Waals surface area contributed by atoms with E-state index in [4.69, 9.17) is 15.2 Å². The molecule has 2 atom stereocenters. The predicted molar refractivity (Wildman–Crippen MR) is 131 cm³/mol. The molecule has 172 valence electrons. The Balaban J connectivity index is 1.84. The highest BCUT2D eigenvalue weighted by Gasteiger charge is 2.57. The Morgan fingerprint density at radius 2 is 1.79 bits per heavy atom. The number of aldehydes is 1. The van der Waals surface area contributed by atoms with Gasteiger partial charge in [0.15, 0.2) is 17.3 Å². The quantitative estimate of drug-likeness (QED) is 0.167. The number of amidine groups is 1. The molecule has 0 aliphatic carbocycles. The van der Waals surface area contributed by atoms with Crippen LogP contribution in [0.3, 0.4) is 0 Å². The lowest BCUT2D eigenvalue weighted by atomic mass is 9.62. The molecule has 0 spiro atoms. The monoisotopic (exact) mass is 455 g/mol. The van der Waals surface area contributed by atoms with Crippen LogP contribution in [0.15, 0.2) is 101 Å². The number of nitrogens with zero attached hydrogens (tertiary/aromatic N) is 2. The van der Waals surface area contributed by atoms with Gasteiger partial charge in [-0.1, -0.05) is 71.9 Å². The highest BCUT2D eigenvalue weighted by atomic mass is 16.5. The number of aliphatic imine (C=N–C) groups is 1. The number of rotatable bonds is 9. The van der Waals surface area contributed by atoms with Crippen molar-refractivity contribution in [1.82, 2.24) is 0 Å². The van der Waals surface area contributed by atoms with Gasteiger partial charge in [0.25, 0.3) is 0 Å². The number of allylic oxidation sites excluding steroid dienone is 1. The fraction of sp³-hybridized carbons (Fsp3) is 0.148. The molecule has 7 nitrogen and oxygen atoms in total. The molecule has 1 aliphatic heterocycles. The van der Waals surface area contributed by atoms with Crippen molar-refractivity contribution in [2.24, 2.45) is 15.9 Å². The van der Waals surface area contributed by atoms with E-state index in [0.29, 0.717) is 35.5 Å². The first-order valence-corrected chi connectivity index (χ1v) is 10.7. The van der Waals surface area contributed by atoms with Crippen LogP contribution >= 0.6 is 0 Å². The summed E-state index contributed by atoms with van der Waals surface area (Å²) >= 11 is 0. The average Bonchev–Trinajstić information content (AvgIpc) is 3.41. The molecule has 34 heavy (non-hydrogen) atoms. The van der Waals surface area contributed by atoms with Gasteiger partial charge in [-0.05, 0) is 41.0 Å². The maximum atomic E-state index is 12.9. The Labute approximate surface area is 197 Å². The fourth-order valence-corrected chi connectivity index (χ4v) is 4.34. The van der Waals surface area contributed by atoms with E-state index in [9.17, 15) is 10.0 Å². The molecule has 3 aromatic carbocycles. The molecule has 1 heterocycles. The summed E-state index contributed by atoms with van der Waals surface area (Å²) in [4.78, 5) is 17.6. The van der Waals surface area contributed by atoms with E-state index in [1.54, 1.807) is 36.6 Å². The van der Waals surface area contributed by atoms with Crippen LogP contribution in [0.4, 0.5) is 0 Å². The third-order valence-corrected chi connectivity index (χ3v) is 6.06. The summed E-state index contributed by atoms with van der Waals surface area (Å²) in [6.45, 7) is 0.344. The number of carbonyl (C=O) groups is 1. The van der Waals surface area contributed by atoms with E-state index in [2.05, 4.69) is 10.1 Å². The van der Waals surface area contributed by atoms with Crippen LogP contribution in [-0.4, -0.2) is 30.7 Å². The zero-order chi connectivity index (χ0) is 24.0. The van der Waals surface area contributed by atoms with Gasteiger partial charge in [-0.2, -0.15) is 0 Å². The van der Waals surface area contributed by atoms with E-state index < -0.39 is 11.0 Å². The Bertz CT molecular complexity index is 1230. The summed E-state index contributed by atoms with van der Waals surface area (Å²) in [5.41, 5.74) is 5.49. The summed E-state index contributed by atoms with van der Waals surface area (Å²) in [6, 6.07) is 24.1.